The van der Waals surface area contributed by atoms with E-state index in [2.05, 4.69) is 9.71 Å². The standard InChI is InChI=1S/C23H19N3O6S/c1-14(27)16-5-3-6-17(12-16)25-33(30,31)20-11-15(8-9-19(20)32-2)13-26-22(28)18-7-4-10-24-21(18)23(26)29/h3-12,25H,13H2,1-2H3. The maximum absolute atomic E-state index is 13.1. The van der Waals surface area contributed by atoms with Gasteiger partial charge in [-0.15, -0.1) is 0 Å². The number of aromatic nitrogens is 1. The molecule has 0 unspecified atom stereocenters. The van der Waals surface area contributed by atoms with Crippen LogP contribution >= 0.6 is 0 Å². The second kappa shape index (κ2) is 8.47. The van der Waals surface area contributed by atoms with Crippen LogP contribution in [0.25, 0.3) is 0 Å². The fraction of sp³-hybridized carbons (Fsp3) is 0.130. The van der Waals surface area contributed by atoms with Crippen LogP contribution in [0, 0.1) is 0 Å². The SMILES string of the molecule is COc1ccc(CN2C(=O)c3cccnc3C2=O)cc1S(=O)(=O)Nc1cccc(C(C)=O)c1. The van der Waals surface area contributed by atoms with E-state index in [1.807, 2.05) is 0 Å². The van der Waals surface area contributed by atoms with Gasteiger partial charge in [-0.3, -0.25) is 29.0 Å². The fourth-order valence-corrected chi connectivity index (χ4v) is 4.75. The molecular weight excluding hydrogens is 446 g/mol. The first-order valence-corrected chi connectivity index (χ1v) is 11.3. The molecule has 0 saturated heterocycles. The van der Waals surface area contributed by atoms with Crippen LogP contribution in [0.4, 0.5) is 5.69 Å². The molecule has 4 rings (SSSR count). The predicted molar refractivity (Wildman–Crippen MR) is 119 cm³/mol. The van der Waals surface area contributed by atoms with Crippen LogP contribution < -0.4 is 9.46 Å². The van der Waals surface area contributed by atoms with Gasteiger partial charge in [0.15, 0.2) is 5.78 Å². The van der Waals surface area contributed by atoms with Crippen molar-refractivity contribution in [3.63, 3.8) is 0 Å². The number of benzene rings is 2. The Hall–Kier alpha value is -4.05. The number of sulfonamides is 1. The molecule has 3 aromatic rings. The average molecular weight is 465 g/mol. The van der Waals surface area contributed by atoms with Gasteiger partial charge in [-0.05, 0) is 48.9 Å². The normalized spacial score (nSPS) is 13.1. The lowest BCUT2D eigenvalue weighted by Crippen LogP contribution is -2.29. The van der Waals surface area contributed by atoms with E-state index >= 15 is 0 Å². The quantitative estimate of drug-likeness (QED) is 0.420. The van der Waals surface area contributed by atoms with E-state index in [0.29, 0.717) is 11.1 Å². The van der Waals surface area contributed by atoms with Crippen molar-refractivity contribution in [3.8, 4) is 5.75 Å². The number of anilines is 1. The first-order chi connectivity index (χ1) is 15.7. The van der Waals surface area contributed by atoms with Gasteiger partial charge in [0, 0.05) is 17.4 Å². The number of carbonyl (C=O) groups is 3. The molecule has 0 fully saturated rings. The molecule has 0 aliphatic carbocycles. The summed E-state index contributed by atoms with van der Waals surface area (Å²) in [5, 5.41) is 0. The summed E-state index contributed by atoms with van der Waals surface area (Å²) in [6, 6.07) is 13.6. The minimum Gasteiger partial charge on any atom is -0.495 e. The van der Waals surface area contributed by atoms with Gasteiger partial charge in [-0.1, -0.05) is 18.2 Å². The molecule has 168 valence electrons. The molecule has 2 aromatic carbocycles. The zero-order valence-corrected chi connectivity index (χ0v) is 18.5. The van der Waals surface area contributed by atoms with Gasteiger partial charge in [0.25, 0.3) is 21.8 Å². The van der Waals surface area contributed by atoms with Crippen molar-refractivity contribution >= 4 is 33.3 Å². The van der Waals surface area contributed by atoms with E-state index in [-0.39, 0.29) is 39.9 Å². The molecule has 0 spiro atoms. The summed E-state index contributed by atoms with van der Waals surface area (Å²) in [6.07, 6.45) is 1.43. The summed E-state index contributed by atoms with van der Waals surface area (Å²) in [7, 11) is -2.79. The number of rotatable bonds is 7. The average Bonchev–Trinajstić information content (AvgIpc) is 3.04. The number of hydrogen-bond acceptors (Lipinski definition) is 7. The van der Waals surface area contributed by atoms with Gasteiger partial charge in [-0.25, -0.2) is 8.42 Å². The Morgan fingerprint density at radius 2 is 1.85 bits per heavy atom. The van der Waals surface area contributed by atoms with Crippen molar-refractivity contribution in [1.29, 1.82) is 0 Å². The lowest BCUT2D eigenvalue weighted by molar-refractivity contribution is 0.0640. The number of Topliss-reactive ketones (excluding diaryl/α,β-unsaturated/α-hetero) is 1. The number of ether oxygens (including phenoxy) is 1. The van der Waals surface area contributed by atoms with Crippen molar-refractivity contribution in [1.82, 2.24) is 9.88 Å². The van der Waals surface area contributed by atoms with E-state index in [0.717, 1.165) is 4.90 Å². The zero-order valence-electron chi connectivity index (χ0n) is 17.7. The lowest BCUT2D eigenvalue weighted by Gasteiger charge is -2.16. The summed E-state index contributed by atoms with van der Waals surface area (Å²) in [6.45, 7) is 1.25. The third-order valence-corrected chi connectivity index (χ3v) is 6.51. The minimum atomic E-state index is -4.12. The van der Waals surface area contributed by atoms with Crippen LogP contribution in [-0.2, 0) is 16.6 Å². The van der Waals surface area contributed by atoms with Gasteiger partial charge in [0.05, 0.1) is 19.2 Å². The molecule has 33 heavy (non-hydrogen) atoms. The van der Waals surface area contributed by atoms with E-state index in [4.69, 9.17) is 4.74 Å². The molecule has 9 nitrogen and oxygen atoms in total. The minimum absolute atomic E-state index is 0.0656. The topological polar surface area (TPSA) is 123 Å². The Labute approximate surface area is 190 Å². The highest BCUT2D eigenvalue weighted by molar-refractivity contribution is 7.92. The van der Waals surface area contributed by atoms with Crippen LogP contribution in [0.5, 0.6) is 5.75 Å². The van der Waals surface area contributed by atoms with Crippen molar-refractivity contribution in [3.05, 3.63) is 83.2 Å². The highest BCUT2D eigenvalue weighted by Gasteiger charge is 2.36. The monoisotopic (exact) mass is 465 g/mol. The summed E-state index contributed by atoms with van der Waals surface area (Å²) in [5.74, 6) is -1.17. The lowest BCUT2D eigenvalue weighted by atomic mass is 10.1. The first kappa shape index (κ1) is 22.2. The molecule has 2 amide bonds. The largest absolute Gasteiger partial charge is 0.495 e. The van der Waals surface area contributed by atoms with Crippen LogP contribution in [0.1, 0.15) is 43.7 Å². The number of methoxy groups -OCH3 is 1. The number of nitrogens with one attached hydrogen (secondary N) is 1. The van der Waals surface area contributed by atoms with Crippen LogP contribution in [0.15, 0.2) is 65.7 Å². The Balaban J connectivity index is 1.65. The van der Waals surface area contributed by atoms with Crippen LogP contribution in [0.3, 0.4) is 0 Å². The van der Waals surface area contributed by atoms with Crippen LogP contribution in [-0.4, -0.2) is 43.0 Å². The zero-order chi connectivity index (χ0) is 23.8. The number of pyridine rings is 1. The molecule has 0 radical (unpaired) electrons. The second-order valence-corrected chi connectivity index (χ2v) is 8.97. The number of hydrogen-bond donors (Lipinski definition) is 1. The van der Waals surface area contributed by atoms with E-state index in [1.165, 1.54) is 50.6 Å². The third-order valence-electron chi connectivity index (χ3n) is 5.11. The Morgan fingerprint density at radius 3 is 2.55 bits per heavy atom. The molecule has 0 bridgehead atoms. The van der Waals surface area contributed by atoms with Gasteiger partial charge in [-0.2, -0.15) is 0 Å². The number of ketones is 1. The molecule has 0 saturated carbocycles. The van der Waals surface area contributed by atoms with Crippen molar-refractivity contribution in [2.24, 2.45) is 0 Å². The van der Waals surface area contributed by atoms with Gasteiger partial charge >= 0.3 is 0 Å². The second-order valence-electron chi connectivity index (χ2n) is 7.32. The maximum Gasteiger partial charge on any atom is 0.280 e. The molecule has 1 N–H and O–H groups in total. The molecule has 0 atom stereocenters. The Kier molecular flexibility index (Phi) is 5.69. The van der Waals surface area contributed by atoms with Crippen molar-refractivity contribution in [2.45, 2.75) is 18.4 Å². The summed E-state index contributed by atoms with van der Waals surface area (Å²) in [4.78, 5) is 41.7. The summed E-state index contributed by atoms with van der Waals surface area (Å²) in [5.41, 5.74) is 1.24. The molecule has 1 aromatic heterocycles. The smallest absolute Gasteiger partial charge is 0.280 e. The summed E-state index contributed by atoms with van der Waals surface area (Å²) >= 11 is 0. The number of fused-ring (bicyclic) bond motifs is 1. The highest BCUT2D eigenvalue weighted by Crippen LogP contribution is 2.29. The van der Waals surface area contributed by atoms with Gasteiger partial charge < -0.3 is 4.74 Å². The number of amides is 2. The van der Waals surface area contributed by atoms with E-state index in [1.54, 1.807) is 24.3 Å². The maximum atomic E-state index is 13.1. The van der Waals surface area contributed by atoms with E-state index in [9.17, 15) is 22.8 Å². The first-order valence-electron chi connectivity index (χ1n) is 9.83. The number of nitrogens with zero attached hydrogens (tertiary/aromatic N) is 2. The Morgan fingerprint density at radius 1 is 1.06 bits per heavy atom. The van der Waals surface area contributed by atoms with Crippen molar-refractivity contribution < 1.29 is 27.5 Å². The number of imide groups is 1. The van der Waals surface area contributed by atoms with Gasteiger partial charge in [0.2, 0.25) is 0 Å². The highest BCUT2D eigenvalue weighted by atomic mass is 32.2. The molecule has 10 heteroatoms. The predicted octanol–water partition coefficient (Wildman–Crippen LogP) is 2.89. The van der Waals surface area contributed by atoms with Crippen molar-refractivity contribution in [2.75, 3.05) is 11.8 Å². The number of carbonyl (C=O) groups excluding carboxylic acids is 3. The molecular formula is C23H19N3O6S. The third kappa shape index (κ3) is 4.20. The molecule has 2 heterocycles. The molecule has 1 aliphatic rings. The van der Waals surface area contributed by atoms with Gasteiger partial charge in [0.1, 0.15) is 16.3 Å². The summed E-state index contributed by atoms with van der Waals surface area (Å²) < 4.78 is 33.9. The van der Waals surface area contributed by atoms with Crippen LogP contribution in [0.2, 0.25) is 0 Å². The molecule has 1 aliphatic heterocycles. The fourth-order valence-electron chi connectivity index (χ4n) is 3.48. The Bertz CT molecular complexity index is 1370. The van der Waals surface area contributed by atoms with E-state index < -0.39 is 21.8 Å².